The van der Waals surface area contributed by atoms with E-state index in [4.69, 9.17) is 10.5 Å². The molecule has 1 aromatic rings. The van der Waals surface area contributed by atoms with E-state index in [9.17, 15) is 4.79 Å². The van der Waals surface area contributed by atoms with Crippen molar-refractivity contribution < 1.29 is 9.53 Å². The Morgan fingerprint density at radius 1 is 1.40 bits per heavy atom. The Labute approximate surface area is 88.4 Å². The minimum atomic E-state index is -0.591. The topological polar surface area (TPSA) is 64.4 Å². The predicted octanol–water partition coefficient (Wildman–Crippen LogP) is 0.201. The largest absolute Gasteiger partial charge is 0.377 e. The maximum atomic E-state index is 11.7. The van der Waals surface area contributed by atoms with Gasteiger partial charge in [-0.05, 0) is 5.56 Å². The van der Waals surface area contributed by atoms with Crippen LogP contribution in [0.4, 0.5) is 0 Å². The van der Waals surface area contributed by atoms with Crippen molar-refractivity contribution in [1.29, 1.82) is 0 Å². The van der Waals surface area contributed by atoms with Crippen LogP contribution < -0.4 is 11.1 Å². The molecule has 4 nitrogen and oxygen atoms in total. The smallest absolute Gasteiger partial charge is 0.241 e. The summed E-state index contributed by atoms with van der Waals surface area (Å²) >= 11 is 0. The molecule has 0 aliphatic carbocycles. The first-order valence-electron chi connectivity index (χ1n) is 4.96. The molecule has 2 rings (SSSR count). The van der Waals surface area contributed by atoms with Gasteiger partial charge in [-0.25, -0.2) is 0 Å². The summed E-state index contributed by atoms with van der Waals surface area (Å²) in [5.74, 6) is -0.144. The molecular formula is C11H14N2O2. The Morgan fingerprint density at radius 3 is 2.60 bits per heavy atom. The van der Waals surface area contributed by atoms with Gasteiger partial charge in [0.05, 0.1) is 19.3 Å². The first-order valence-corrected chi connectivity index (χ1v) is 4.96. The number of benzene rings is 1. The van der Waals surface area contributed by atoms with Gasteiger partial charge in [0.1, 0.15) is 6.04 Å². The van der Waals surface area contributed by atoms with Gasteiger partial charge >= 0.3 is 0 Å². The highest BCUT2D eigenvalue weighted by molar-refractivity contribution is 5.83. The fraction of sp³-hybridized carbons (Fsp3) is 0.364. The van der Waals surface area contributed by atoms with Crippen LogP contribution in [0.25, 0.3) is 0 Å². The maximum Gasteiger partial charge on any atom is 0.241 e. The average molecular weight is 206 g/mol. The Kier molecular flexibility index (Phi) is 2.99. The van der Waals surface area contributed by atoms with Gasteiger partial charge in [0, 0.05) is 0 Å². The Balaban J connectivity index is 1.94. The third-order valence-electron chi connectivity index (χ3n) is 2.43. The molecule has 1 amide bonds. The van der Waals surface area contributed by atoms with Crippen molar-refractivity contribution >= 4 is 5.91 Å². The molecule has 0 radical (unpaired) electrons. The Bertz CT molecular complexity index is 336. The van der Waals surface area contributed by atoms with E-state index in [0.717, 1.165) is 5.56 Å². The fourth-order valence-corrected chi connectivity index (χ4v) is 1.42. The van der Waals surface area contributed by atoms with E-state index in [1.807, 2.05) is 30.3 Å². The third-order valence-corrected chi connectivity index (χ3v) is 2.43. The Hall–Kier alpha value is -1.39. The van der Waals surface area contributed by atoms with Crippen LogP contribution in [-0.4, -0.2) is 25.2 Å². The first kappa shape index (κ1) is 10.1. The number of amides is 1. The van der Waals surface area contributed by atoms with Gasteiger partial charge < -0.3 is 15.8 Å². The second-order valence-electron chi connectivity index (χ2n) is 3.63. The minimum Gasteiger partial charge on any atom is -0.377 e. The zero-order valence-electron chi connectivity index (χ0n) is 8.35. The molecule has 80 valence electrons. The van der Waals surface area contributed by atoms with E-state index in [2.05, 4.69) is 5.32 Å². The number of nitrogens with two attached hydrogens (primary N) is 1. The van der Waals surface area contributed by atoms with E-state index < -0.39 is 6.04 Å². The molecule has 3 N–H and O–H groups in total. The molecule has 1 aliphatic rings. The summed E-state index contributed by atoms with van der Waals surface area (Å²) in [5, 5.41) is 2.83. The van der Waals surface area contributed by atoms with Gasteiger partial charge in [-0.15, -0.1) is 0 Å². The summed E-state index contributed by atoms with van der Waals surface area (Å²) in [7, 11) is 0. The highest BCUT2D eigenvalue weighted by Crippen LogP contribution is 2.10. The zero-order chi connectivity index (χ0) is 10.7. The monoisotopic (exact) mass is 206 g/mol. The molecule has 0 unspecified atom stereocenters. The normalized spacial score (nSPS) is 17.9. The predicted molar refractivity (Wildman–Crippen MR) is 56.1 cm³/mol. The van der Waals surface area contributed by atoms with E-state index in [0.29, 0.717) is 13.2 Å². The third kappa shape index (κ3) is 2.34. The van der Waals surface area contributed by atoms with Crippen LogP contribution >= 0.6 is 0 Å². The standard InChI is InChI=1S/C11H14N2O2/c12-10(8-4-2-1-3-5-8)11(14)13-9-6-15-7-9/h1-5,9-10H,6-7,12H2,(H,13,14)/t10-/m0/s1. The van der Waals surface area contributed by atoms with Crippen molar-refractivity contribution in [3.05, 3.63) is 35.9 Å². The number of carbonyl (C=O) groups is 1. The molecule has 1 fully saturated rings. The molecule has 4 heteroatoms. The van der Waals surface area contributed by atoms with Crippen LogP contribution in [0.2, 0.25) is 0 Å². The minimum absolute atomic E-state index is 0.132. The summed E-state index contributed by atoms with van der Waals surface area (Å²) < 4.78 is 4.97. The maximum absolute atomic E-state index is 11.7. The quantitative estimate of drug-likeness (QED) is 0.742. The number of hydrogen-bond acceptors (Lipinski definition) is 3. The SMILES string of the molecule is N[C@H](C(=O)NC1COC1)c1ccccc1. The van der Waals surface area contributed by atoms with E-state index in [1.165, 1.54) is 0 Å². The summed E-state index contributed by atoms with van der Waals surface area (Å²) in [6.45, 7) is 1.18. The van der Waals surface area contributed by atoms with E-state index in [1.54, 1.807) is 0 Å². The molecule has 1 aromatic carbocycles. The number of carbonyl (C=O) groups excluding carboxylic acids is 1. The van der Waals surface area contributed by atoms with Crippen molar-refractivity contribution in [3.63, 3.8) is 0 Å². The van der Waals surface area contributed by atoms with Crippen molar-refractivity contribution in [2.75, 3.05) is 13.2 Å². The van der Waals surface area contributed by atoms with Crippen LogP contribution in [0.3, 0.4) is 0 Å². The molecule has 1 heterocycles. The van der Waals surface area contributed by atoms with Gasteiger partial charge in [0.25, 0.3) is 0 Å². The number of nitrogens with one attached hydrogen (secondary N) is 1. The average Bonchev–Trinajstić information content (AvgIpc) is 2.23. The highest BCUT2D eigenvalue weighted by Gasteiger charge is 2.23. The second kappa shape index (κ2) is 4.42. The molecule has 1 aliphatic heterocycles. The fourth-order valence-electron chi connectivity index (χ4n) is 1.42. The summed E-state index contributed by atoms with van der Waals surface area (Å²) in [5.41, 5.74) is 6.64. The van der Waals surface area contributed by atoms with Gasteiger partial charge in [0.15, 0.2) is 0 Å². The van der Waals surface area contributed by atoms with Crippen LogP contribution in [0.1, 0.15) is 11.6 Å². The summed E-state index contributed by atoms with van der Waals surface area (Å²) in [4.78, 5) is 11.7. The van der Waals surface area contributed by atoms with Crippen molar-refractivity contribution in [1.82, 2.24) is 5.32 Å². The first-order chi connectivity index (χ1) is 7.27. The molecule has 0 spiro atoms. The number of rotatable bonds is 3. The summed E-state index contributed by atoms with van der Waals surface area (Å²) in [6, 6.07) is 8.87. The molecule has 15 heavy (non-hydrogen) atoms. The zero-order valence-corrected chi connectivity index (χ0v) is 8.35. The molecule has 1 saturated heterocycles. The van der Waals surface area contributed by atoms with Gasteiger partial charge in [-0.1, -0.05) is 30.3 Å². The van der Waals surface area contributed by atoms with E-state index >= 15 is 0 Å². The lowest BCUT2D eigenvalue weighted by Gasteiger charge is -2.28. The van der Waals surface area contributed by atoms with Crippen molar-refractivity contribution in [2.45, 2.75) is 12.1 Å². The molecule has 1 atom stereocenters. The Morgan fingerprint density at radius 2 is 2.07 bits per heavy atom. The molecule has 0 saturated carbocycles. The van der Waals surface area contributed by atoms with Crippen LogP contribution in [0.5, 0.6) is 0 Å². The van der Waals surface area contributed by atoms with E-state index in [-0.39, 0.29) is 11.9 Å². The highest BCUT2D eigenvalue weighted by atomic mass is 16.5. The van der Waals surface area contributed by atoms with Gasteiger partial charge in [-0.3, -0.25) is 4.79 Å². The lowest BCUT2D eigenvalue weighted by Crippen LogP contribution is -2.51. The van der Waals surface area contributed by atoms with Crippen molar-refractivity contribution in [3.8, 4) is 0 Å². The molecule has 0 bridgehead atoms. The lowest BCUT2D eigenvalue weighted by atomic mass is 10.1. The second-order valence-corrected chi connectivity index (χ2v) is 3.63. The van der Waals surface area contributed by atoms with Crippen molar-refractivity contribution in [2.24, 2.45) is 5.73 Å². The molecular weight excluding hydrogens is 192 g/mol. The lowest BCUT2D eigenvalue weighted by molar-refractivity contribution is -0.126. The number of ether oxygens (including phenoxy) is 1. The van der Waals surface area contributed by atoms with Crippen LogP contribution in [0, 0.1) is 0 Å². The summed E-state index contributed by atoms with van der Waals surface area (Å²) in [6.07, 6.45) is 0. The molecule has 0 aromatic heterocycles. The van der Waals surface area contributed by atoms with Gasteiger partial charge in [-0.2, -0.15) is 0 Å². The van der Waals surface area contributed by atoms with Crippen LogP contribution in [0.15, 0.2) is 30.3 Å². The van der Waals surface area contributed by atoms with Crippen LogP contribution in [-0.2, 0) is 9.53 Å². The number of hydrogen-bond donors (Lipinski definition) is 2. The van der Waals surface area contributed by atoms with Gasteiger partial charge in [0.2, 0.25) is 5.91 Å².